The number of likely N-dealkylation sites (N-methyl/N-ethyl adjacent to an activating group) is 2. The number of hydrogen-bond donors (Lipinski definition) is 1. The molecule has 0 unspecified atom stereocenters. The summed E-state index contributed by atoms with van der Waals surface area (Å²) in [6.45, 7) is 5.85. The lowest BCUT2D eigenvalue weighted by molar-refractivity contribution is -0.135. The Morgan fingerprint density at radius 2 is 2.00 bits per heavy atom. The number of rotatable bonds is 5. The number of halogens is 1. The van der Waals surface area contributed by atoms with Gasteiger partial charge in [-0.1, -0.05) is 18.2 Å². The van der Waals surface area contributed by atoms with Crippen molar-refractivity contribution in [3.63, 3.8) is 0 Å². The maximum absolute atomic E-state index is 13.9. The maximum atomic E-state index is 13.9. The van der Waals surface area contributed by atoms with Crippen LogP contribution in [0.2, 0.25) is 0 Å². The number of pyridine rings is 1. The summed E-state index contributed by atoms with van der Waals surface area (Å²) >= 11 is 0. The number of carbonyl (C=O) groups excluding carboxylic acids is 2. The predicted octanol–water partition coefficient (Wildman–Crippen LogP) is 2.04. The summed E-state index contributed by atoms with van der Waals surface area (Å²) in [5.74, 6) is -0.715. The molecule has 0 spiro atoms. The fourth-order valence-corrected chi connectivity index (χ4v) is 3.64. The summed E-state index contributed by atoms with van der Waals surface area (Å²) in [4.78, 5) is 33.1. The van der Waals surface area contributed by atoms with E-state index in [4.69, 9.17) is 0 Å². The second-order valence-electron chi connectivity index (χ2n) is 6.88. The molecule has 1 aliphatic heterocycles. The Hall–Kier alpha value is -2.54. The summed E-state index contributed by atoms with van der Waals surface area (Å²) in [5, 5.41) is 3.58. The Morgan fingerprint density at radius 3 is 2.70 bits per heavy atom. The van der Waals surface area contributed by atoms with Crippen LogP contribution in [-0.4, -0.2) is 65.4 Å². The first-order valence-electron chi connectivity index (χ1n) is 9.29. The van der Waals surface area contributed by atoms with Crippen LogP contribution < -0.4 is 5.32 Å². The molecule has 0 radical (unpaired) electrons. The smallest absolute Gasteiger partial charge is 0.270 e. The van der Waals surface area contributed by atoms with Crippen molar-refractivity contribution < 1.29 is 14.0 Å². The summed E-state index contributed by atoms with van der Waals surface area (Å²) in [6.07, 6.45) is 0.555. The van der Waals surface area contributed by atoms with E-state index in [1.54, 1.807) is 29.2 Å². The van der Waals surface area contributed by atoms with Crippen LogP contribution in [0.15, 0.2) is 30.3 Å². The van der Waals surface area contributed by atoms with E-state index in [2.05, 4.69) is 10.3 Å². The molecule has 6 nitrogen and oxygen atoms in total. The van der Waals surface area contributed by atoms with E-state index in [-0.39, 0.29) is 35.1 Å². The highest BCUT2D eigenvalue weighted by molar-refractivity contribution is 5.95. The molecule has 2 atom stereocenters. The normalized spacial score (nSPS) is 20.0. The Bertz CT molecular complexity index is 853. The van der Waals surface area contributed by atoms with Gasteiger partial charge in [0.25, 0.3) is 5.91 Å². The highest BCUT2D eigenvalue weighted by Gasteiger charge is 2.36. The van der Waals surface area contributed by atoms with Crippen LogP contribution in [0.25, 0.3) is 10.9 Å². The van der Waals surface area contributed by atoms with Gasteiger partial charge in [-0.2, -0.15) is 0 Å². The van der Waals surface area contributed by atoms with E-state index in [1.165, 1.54) is 6.07 Å². The lowest BCUT2D eigenvalue weighted by atomic mass is 10.1. The van der Waals surface area contributed by atoms with E-state index >= 15 is 0 Å². The molecule has 2 amide bonds. The molecule has 7 heteroatoms. The number of amides is 2. The van der Waals surface area contributed by atoms with E-state index in [0.717, 1.165) is 0 Å². The first-order chi connectivity index (χ1) is 12.9. The molecule has 1 aliphatic rings. The standard InChI is InChI=1S/C20H25FN4O2/c1-4-25(5-2)20(27)17-11-14(12-24(17)3)22-19(26)16-10-9-13-7-6-8-15(21)18(13)23-16/h6-10,14,17H,4-5,11-12H2,1-3H3,(H,22,26)/t14-,17-/m0/s1. The van der Waals surface area contributed by atoms with Gasteiger partial charge >= 0.3 is 0 Å². The highest BCUT2D eigenvalue weighted by Crippen LogP contribution is 2.20. The number of aromatic nitrogens is 1. The van der Waals surface area contributed by atoms with Crippen molar-refractivity contribution in [2.24, 2.45) is 0 Å². The molecule has 27 heavy (non-hydrogen) atoms. The molecule has 2 aromatic rings. The van der Waals surface area contributed by atoms with Gasteiger partial charge in [0.1, 0.15) is 17.0 Å². The number of nitrogens with one attached hydrogen (secondary N) is 1. The predicted molar refractivity (Wildman–Crippen MR) is 102 cm³/mol. The Morgan fingerprint density at radius 1 is 1.26 bits per heavy atom. The van der Waals surface area contributed by atoms with Crippen molar-refractivity contribution in [2.75, 3.05) is 26.7 Å². The van der Waals surface area contributed by atoms with Crippen LogP contribution in [-0.2, 0) is 4.79 Å². The minimum atomic E-state index is -0.451. The summed E-state index contributed by atoms with van der Waals surface area (Å²) < 4.78 is 13.9. The Balaban J connectivity index is 1.70. The SMILES string of the molecule is CCN(CC)C(=O)[C@@H]1C[C@H](NC(=O)c2ccc3cccc(F)c3n2)CN1C. The van der Waals surface area contributed by atoms with Gasteiger partial charge in [-0.15, -0.1) is 0 Å². The number of para-hydroxylation sites is 1. The molecule has 1 fully saturated rings. The van der Waals surface area contributed by atoms with Crippen molar-refractivity contribution in [1.29, 1.82) is 0 Å². The second kappa shape index (κ2) is 8.00. The summed E-state index contributed by atoms with van der Waals surface area (Å²) in [5.41, 5.74) is 0.358. The molecule has 144 valence electrons. The number of fused-ring (bicyclic) bond motifs is 1. The van der Waals surface area contributed by atoms with Crippen LogP contribution in [0.1, 0.15) is 30.8 Å². The lowest BCUT2D eigenvalue weighted by Gasteiger charge is -2.26. The second-order valence-corrected chi connectivity index (χ2v) is 6.88. The third-order valence-corrected chi connectivity index (χ3v) is 5.15. The van der Waals surface area contributed by atoms with Crippen molar-refractivity contribution >= 4 is 22.7 Å². The van der Waals surface area contributed by atoms with Gasteiger partial charge in [0.2, 0.25) is 5.91 Å². The fraction of sp³-hybridized carbons (Fsp3) is 0.450. The molecule has 0 saturated carbocycles. The molecular formula is C20H25FN4O2. The van der Waals surface area contributed by atoms with E-state index < -0.39 is 5.82 Å². The Labute approximate surface area is 158 Å². The highest BCUT2D eigenvalue weighted by atomic mass is 19.1. The van der Waals surface area contributed by atoms with Crippen molar-refractivity contribution in [3.8, 4) is 0 Å². The molecule has 0 bridgehead atoms. The van der Waals surface area contributed by atoms with Gasteiger partial charge in [-0.25, -0.2) is 9.37 Å². The van der Waals surface area contributed by atoms with Gasteiger partial charge < -0.3 is 10.2 Å². The van der Waals surface area contributed by atoms with Crippen molar-refractivity contribution in [3.05, 3.63) is 41.8 Å². The van der Waals surface area contributed by atoms with Crippen LogP contribution in [0.3, 0.4) is 0 Å². The average molecular weight is 372 g/mol. The van der Waals surface area contributed by atoms with Crippen LogP contribution >= 0.6 is 0 Å². The zero-order valence-electron chi connectivity index (χ0n) is 15.9. The summed E-state index contributed by atoms with van der Waals surface area (Å²) in [6, 6.07) is 7.58. The minimum Gasteiger partial charge on any atom is -0.347 e. The first kappa shape index (κ1) is 19.2. The van der Waals surface area contributed by atoms with Crippen molar-refractivity contribution in [2.45, 2.75) is 32.4 Å². The zero-order chi connectivity index (χ0) is 19.6. The maximum Gasteiger partial charge on any atom is 0.270 e. The fourth-order valence-electron chi connectivity index (χ4n) is 3.64. The molecule has 2 heterocycles. The molecule has 1 saturated heterocycles. The number of carbonyl (C=O) groups is 2. The van der Waals surface area contributed by atoms with E-state index in [0.29, 0.717) is 31.4 Å². The Kier molecular flexibility index (Phi) is 5.70. The van der Waals surface area contributed by atoms with Crippen LogP contribution in [0.5, 0.6) is 0 Å². The topological polar surface area (TPSA) is 65.5 Å². The van der Waals surface area contributed by atoms with Crippen molar-refractivity contribution in [1.82, 2.24) is 20.1 Å². The number of nitrogens with zero attached hydrogens (tertiary/aromatic N) is 3. The molecule has 1 aromatic heterocycles. The number of likely N-dealkylation sites (tertiary alicyclic amines) is 1. The largest absolute Gasteiger partial charge is 0.347 e. The molecule has 1 N–H and O–H groups in total. The minimum absolute atomic E-state index is 0.0881. The van der Waals surface area contributed by atoms with Crippen LogP contribution in [0.4, 0.5) is 4.39 Å². The monoisotopic (exact) mass is 372 g/mol. The quantitative estimate of drug-likeness (QED) is 0.872. The van der Waals surface area contributed by atoms with Crippen LogP contribution in [0, 0.1) is 5.82 Å². The molecular weight excluding hydrogens is 347 g/mol. The van der Waals surface area contributed by atoms with Gasteiger partial charge in [0, 0.05) is 31.1 Å². The summed E-state index contributed by atoms with van der Waals surface area (Å²) in [7, 11) is 1.89. The van der Waals surface area contributed by atoms with Gasteiger partial charge in [-0.3, -0.25) is 14.5 Å². The van der Waals surface area contributed by atoms with Gasteiger partial charge in [0.15, 0.2) is 0 Å². The van der Waals surface area contributed by atoms with Gasteiger partial charge in [-0.05, 0) is 39.4 Å². The van der Waals surface area contributed by atoms with E-state index in [9.17, 15) is 14.0 Å². The third kappa shape index (κ3) is 3.93. The number of hydrogen-bond acceptors (Lipinski definition) is 4. The molecule has 1 aromatic carbocycles. The molecule has 3 rings (SSSR count). The first-order valence-corrected chi connectivity index (χ1v) is 9.29. The van der Waals surface area contributed by atoms with Gasteiger partial charge in [0.05, 0.1) is 6.04 Å². The average Bonchev–Trinajstić information content (AvgIpc) is 3.02. The number of benzene rings is 1. The van der Waals surface area contributed by atoms with E-state index in [1.807, 2.05) is 25.8 Å². The molecule has 0 aliphatic carbocycles. The zero-order valence-corrected chi connectivity index (χ0v) is 15.9. The lowest BCUT2D eigenvalue weighted by Crippen LogP contribution is -2.44. The third-order valence-electron chi connectivity index (χ3n) is 5.15.